The number of amides is 2. The molecule has 0 unspecified atom stereocenters. The van der Waals surface area contributed by atoms with Crippen molar-refractivity contribution in [3.05, 3.63) is 29.3 Å². The highest BCUT2D eigenvalue weighted by atomic mass is 16.5. The number of likely N-dealkylation sites (tertiary alicyclic amines) is 2. The summed E-state index contributed by atoms with van der Waals surface area (Å²) < 4.78 is 6.31. The molecule has 1 aromatic rings. The minimum atomic E-state index is -0.653. The number of hydrogen-bond donors (Lipinski definition) is 0. The van der Waals surface area contributed by atoms with Gasteiger partial charge in [0, 0.05) is 32.5 Å². The largest absolute Gasteiger partial charge is 0.486 e. The Kier molecular flexibility index (Phi) is 4.89. The first-order chi connectivity index (χ1) is 13.4. The van der Waals surface area contributed by atoms with Crippen molar-refractivity contribution in [3.63, 3.8) is 0 Å². The van der Waals surface area contributed by atoms with Crippen molar-refractivity contribution >= 4 is 17.6 Å². The Balaban J connectivity index is 1.51. The summed E-state index contributed by atoms with van der Waals surface area (Å²) >= 11 is 0. The zero-order valence-electron chi connectivity index (χ0n) is 16.7. The first-order valence-electron chi connectivity index (χ1n) is 10.3. The molecule has 2 fully saturated rings. The molecule has 6 heteroatoms. The van der Waals surface area contributed by atoms with Crippen LogP contribution in [0, 0.1) is 6.92 Å². The van der Waals surface area contributed by atoms with Crippen molar-refractivity contribution in [2.24, 2.45) is 0 Å². The van der Waals surface area contributed by atoms with Gasteiger partial charge in [-0.15, -0.1) is 0 Å². The van der Waals surface area contributed by atoms with E-state index in [9.17, 15) is 14.4 Å². The third kappa shape index (κ3) is 3.40. The van der Waals surface area contributed by atoms with Crippen molar-refractivity contribution in [1.82, 2.24) is 9.80 Å². The lowest BCUT2D eigenvalue weighted by Gasteiger charge is -2.37. The fourth-order valence-electron chi connectivity index (χ4n) is 4.68. The van der Waals surface area contributed by atoms with E-state index < -0.39 is 11.6 Å². The standard InChI is InChI=1S/C22H28N2O4/c1-15-5-6-19-17(13-15)18(25)14-22(28-19)8-7-20(26)24(12-9-22)16(2)21(27)23-10-3-4-11-23/h5-6,13,16H,3-4,7-12,14H2,1-2H3/t16-,22-/m1/s1. The van der Waals surface area contributed by atoms with Crippen molar-refractivity contribution in [3.8, 4) is 5.75 Å². The molecule has 0 aliphatic carbocycles. The average molecular weight is 384 g/mol. The molecule has 0 radical (unpaired) electrons. The molecular weight excluding hydrogens is 356 g/mol. The summed E-state index contributed by atoms with van der Waals surface area (Å²) in [5.74, 6) is 0.696. The lowest BCUT2D eigenvalue weighted by atomic mass is 9.84. The molecule has 150 valence electrons. The van der Waals surface area contributed by atoms with Gasteiger partial charge >= 0.3 is 0 Å². The zero-order chi connectivity index (χ0) is 19.9. The topological polar surface area (TPSA) is 66.9 Å². The second-order valence-corrected chi connectivity index (χ2v) is 8.43. The maximum absolute atomic E-state index is 12.8. The molecule has 28 heavy (non-hydrogen) atoms. The maximum atomic E-state index is 12.8. The van der Waals surface area contributed by atoms with E-state index in [1.54, 1.807) is 4.90 Å². The number of fused-ring (bicyclic) bond motifs is 1. The van der Waals surface area contributed by atoms with Gasteiger partial charge in [-0.3, -0.25) is 14.4 Å². The number of nitrogens with zero attached hydrogens (tertiary/aromatic N) is 2. The van der Waals surface area contributed by atoms with Crippen LogP contribution < -0.4 is 4.74 Å². The number of ether oxygens (including phenoxy) is 1. The van der Waals surface area contributed by atoms with E-state index >= 15 is 0 Å². The van der Waals surface area contributed by atoms with Crippen molar-refractivity contribution in [2.45, 2.75) is 64.0 Å². The van der Waals surface area contributed by atoms with Crippen LogP contribution in [0.15, 0.2) is 18.2 Å². The van der Waals surface area contributed by atoms with Crippen molar-refractivity contribution < 1.29 is 19.1 Å². The van der Waals surface area contributed by atoms with E-state index in [-0.39, 0.29) is 17.6 Å². The third-order valence-corrected chi connectivity index (χ3v) is 6.41. The van der Waals surface area contributed by atoms with Crippen LogP contribution in [0.3, 0.4) is 0 Å². The Morgan fingerprint density at radius 1 is 1.14 bits per heavy atom. The second kappa shape index (κ2) is 7.22. The van der Waals surface area contributed by atoms with Gasteiger partial charge in [-0.1, -0.05) is 11.6 Å². The summed E-state index contributed by atoms with van der Waals surface area (Å²) in [6.07, 6.45) is 3.72. The number of ketones is 1. The van der Waals surface area contributed by atoms with Crippen LogP contribution in [0.1, 0.15) is 61.4 Å². The average Bonchev–Trinajstić information content (AvgIpc) is 3.16. The van der Waals surface area contributed by atoms with E-state index in [4.69, 9.17) is 4.74 Å². The Morgan fingerprint density at radius 3 is 2.64 bits per heavy atom. The van der Waals surface area contributed by atoms with Crippen LogP contribution in [0.2, 0.25) is 0 Å². The number of aryl methyl sites for hydroxylation is 1. The second-order valence-electron chi connectivity index (χ2n) is 8.43. The van der Waals surface area contributed by atoms with Crippen molar-refractivity contribution in [2.75, 3.05) is 19.6 Å². The molecule has 0 aromatic heterocycles. The number of carbonyl (C=O) groups is 3. The summed E-state index contributed by atoms with van der Waals surface area (Å²) in [6.45, 7) is 5.78. The maximum Gasteiger partial charge on any atom is 0.245 e. The molecular formula is C22H28N2O4. The van der Waals surface area contributed by atoms with E-state index in [0.717, 1.165) is 31.5 Å². The van der Waals surface area contributed by atoms with E-state index in [1.807, 2.05) is 36.9 Å². The fourth-order valence-corrected chi connectivity index (χ4v) is 4.68. The van der Waals surface area contributed by atoms with Gasteiger partial charge in [-0.05, 0) is 45.2 Å². The lowest BCUT2D eigenvalue weighted by Crippen LogP contribution is -2.49. The van der Waals surface area contributed by atoms with E-state index in [0.29, 0.717) is 43.5 Å². The minimum absolute atomic E-state index is 0.0253. The Morgan fingerprint density at radius 2 is 1.89 bits per heavy atom. The molecule has 2 saturated heterocycles. The van der Waals surface area contributed by atoms with Crippen molar-refractivity contribution in [1.29, 1.82) is 0 Å². The van der Waals surface area contributed by atoms with Gasteiger partial charge in [-0.2, -0.15) is 0 Å². The fraction of sp³-hybridized carbons (Fsp3) is 0.591. The van der Waals surface area contributed by atoms with Gasteiger partial charge in [0.05, 0.1) is 12.0 Å². The minimum Gasteiger partial charge on any atom is -0.486 e. The first kappa shape index (κ1) is 19.0. The molecule has 2 atom stereocenters. The Labute approximate surface area is 165 Å². The van der Waals surface area contributed by atoms with Crippen LogP contribution in [-0.2, 0) is 9.59 Å². The highest BCUT2D eigenvalue weighted by Crippen LogP contribution is 2.40. The van der Waals surface area contributed by atoms with Gasteiger partial charge in [0.15, 0.2) is 5.78 Å². The predicted octanol–water partition coefficient (Wildman–Crippen LogP) is 2.72. The van der Waals surface area contributed by atoms with Gasteiger partial charge in [0.2, 0.25) is 11.8 Å². The molecule has 0 saturated carbocycles. The summed E-state index contributed by atoms with van der Waals surface area (Å²) in [7, 11) is 0. The molecule has 3 aliphatic heterocycles. The van der Waals surface area contributed by atoms with E-state index in [1.165, 1.54) is 0 Å². The van der Waals surface area contributed by atoms with Gasteiger partial charge < -0.3 is 14.5 Å². The predicted molar refractivity (Wildman–Crippen MR) is 104 cm³/mol. The summed E-state index contributed by atoms with van der Waals surface area (Å²) in [5, 5.41) is 0. The van der Waals surface area contributed by atoms with Crippen LogP contribution in [0.25, 0.3) is 0 Å². The first-order valence-corrected chi connectivity index (χ1v) is 10.3. The van der Waals surface area contributed by atoms with Crippen LogP contribution in [-0.4, -0.2) is 58.7 Å². The monoisotopic (exact) mass is 384 g/mol. The number of benzene rings is 1. The number of Topliss-reactive ketones (excluding diaryl/α,β-unsaturated/α-hetero) is 1. The normalized spacial score (nSPS) is 26.1. The molecule has 6 nitrogen and oxygen atoms in total. The number of carbonyl (C=O) groups excluding carboxylic acids is 3. The molecule has 1 aromatic carbocycles. The SMILES string of the molecule is Cc1ccc2c(c1)C(=O)C[C@]1(CCC(=O)N([C@H](C)C(=O)N3CCCC3)CC1)O2. The van der Waals surface area contributed by atoms with Crippen LogP contribution >= 0.6 is 0 Å². The Hall–Kier alpha value is -2.37. The Bertz CT molecular complexity index is 815. The van der Waals surface area contributed by atoms with Gasteiger partial charge in [0.25, 0.3) is 0 Å². The number of hydrogen-bond acceptors (Lipinski definition) is 4. The molecule has 3 aliphatic rings. The molecule has 0 bridgehead atoms. The highest BCUT2D eigenvalue weighted by Gasteiger charge is 2.44. The third-order valence-electron chi connectivity index (χ3n) is 6.41. The molecule has 0 N–H and O–H groups in total. The highest BCUT2D eigenvalue weighted by molar-refractivity contribution is 6.00. The summed E-state index contributed by atoms with van der Waals surface area (Å²) in [4.78, 5) is 41.9. The zero-order valence-corrected chi connectivity index (χ0v) is 16.7. The molecule has 4 rings (SSSR count). The van der Waals surface area contributed by atoms with Crippen LogP contribution in [0.4, 0.5) is 0 Å². The summed E-state index contributed by atoms with van der Waals surface area (Å²) in [5.41, 5.74) is 1.01. The van der Waals surface area contributed by atoms with Crippen LogP contribution in [0.5, 0.6) is 5.75 Å². The lowest BCUT2D eigenvalue weighted by molar-refractivity contribution is -0.144. The quantitative estimate of drug-likeness (QED) is 0.786. The van der Waals surface area contributed by atoms with E-state index in [2.05, 4.69) is 0 Å². The summed E-state index contributed by atoms with van der Waals surface area (Å²) in [6, 6.07) is 5.20. The smallest absolute Gasteiger partial charge is 0.245 e. The number of rotatable bonds is 2. The van der Waals surface area contributed by atoms with Gasteiger partial charge in [0.1, 0.15) is 17.4 Å². The molecule has 1 spiro atoms. The molecule has 3 heterocycles. The van der Waals surface area contributed by atoms with Gasteiger partial charge in [-0.25, -0.2) is 0 Å². The molecule has 2 amide bonds.